The highest BCUT2D eigenvalue weighted by Gasteiger charge is 2.27. The van der Waals surface area contributed by atoms with Crippen molar-refractivity contribution in [3.05, 3.63) is 60.3 Å². The number of nitrogens with zero attached hydrogens (tertiary/aromatic N) is 3. The van der Waals surface area contributed by atoms with Gasteiger partial charge < -0.3 is 9.13 Å². The molecule has 4 rings (SSSR count). The molecule has 3 nitrogen and oxygen atoms in total. The Bertz CT molecular complexity index is 866. The van der Waals surface area contributed by atoms with E-state index in [-0.39, 0.29) is 0 Å². The van der Waals surface area contributed by atoms with Crippen molar-refractivity contribution in [3.63, 3.8) is 0 Å². The van der Waals surface area contributed by atoms with Gasteiger partial charge in [-0.2, -0.15) is 0 Å². The molecule has 0 spiro atoms. The molecule has 2 heterocycles. The lowest BCUT2D eigenvalue weighted by molar-refractivity contribution is 0.486. The molecule has 0 amide bonds. The van der Waals surface area contributed by atoms with Gasteiger partial charge in [-0.1, -0.05) is 24.8 Å². The predicted molar refractivity (Wildman–Crippen MR) is 90.7 cm³/mol. The minimum absolute atomic E-state index is 0.492. The van der Waals surface area contributed by atoms with Gasteiger partial charge in [0.05, 0.1) is 0 Å². The van der Waals surface area contributed by atoms with Crippen LogP contribution in [0.1, 0.15) is 23.5 Å². The van der Waals surface area contributed by atoms with Gasteiger partial charge >= 0.3 is 0 Å². The van der Waals surface area contributed by atoms with E-state index in [0.717, 1.165) is 25.2 Å². The van der Waals surface area contributed by atoms with Crippen molar-refractivity contribution in [2.45, 2.75) is 26.3 Å². The number of imidazole rings is 1. The number of fused-ring (bicyclic) bond motifs is 3. The molecular weight excluding hydrogens is 270 g/mol. The highest BCUT2D eigenvalue weighted by atomic mass is 15.1. The smallest absolute Gasteiger partial charge is 0.105 e. The molecule has 0 N–H and O–H groups in total. The van der Waals surface area contributed by atoms with Crippen LogP contribution in [0.15, 0.2) is 43.2 Å². The van der Waals surface area contributed by atoms with Crippen LogP contribution >= 0.6 is 0 Å². The average Bonchev–Trinajstić information content (AvgIpc) is 3.05. The van der Waals surface area contributed by atoms with Gasteiger partial charge in [-0.05, 0) is 31.4 Å². The van der Waals surface area contributed by atoms with E-state index in [9.17, 15) is 0 Å². The fourth-order valence-electron chi connectivity index (χ4n) is 3.82. The van der Waals surface area contributed by atoms with Crippen molar-refractivity contribution in [2.75, 3.05) is 0 Å². The van der Waals surface area contributed by atoms with Gasteiger partial charge in [0.1, 0.15) is 5.82 Å². The van der Waals surface area contributed by atoms with Crippen LogP contribution in [-0.4, -0.2) is 14.1 Å². The van der Waals surface area contributed by atoms with Crippen LogP contribution in [0, 0.1) is 12.8 Å². The zero-order chi connectivity index (χ0) is 15.3. The van der Waals surface area contributed by atoms with Gasteiger partial charge in [-0.25, -0.2) is 4.98 Å². The Balaban J connectivity index is 1.77. The van der Waals surface area contributed by atoms with Crippen LogP contribution in [-0.2, 0) is 20.0 Å². The van der Waals surface area contributed by atoms with Crippen molar-refractivity contribution in [2.24, 2.45) is 13.0 Å². The lowest BCUT2D eigenvalue weighted by Crippen LogP contribution is -2.19. The van der Waals surface area contributed by atoms with Gasteiger partial charge in [-0.15, -0.1) is 0 Å². The molecule has 0 aliphatic heterocycles. The molecule has 2 aromatic heterocycles. The van der Waals surface area contributed by atoms with Crippen LogP contribution in [0.2, 0.25) is 0 Å². The Morgan fingerprint density at radius 1 is 1.32 bits per heavy atom. The summed E-state index contributed by atoms with van der Waals surface area (Å²) in [7, 11) is 2.18. The monoisotopic (exact) mass is 291 g/mol. The second-order valence-electron chi connectivity index (χ2n) is 6.29. The van der Waals surface area contributed by atoms with E-state index in [2.05, 4.69) is 65.1 Å². The van der Waals surface area contributed by atoms with Gasteiger partial charge in [0, 0.05) is 54.1 Å². The molecule has 112 valence electrons. The fourth-order valence-corrected chi connectivity index (χ4v) is 3.82. The molecule has 0 bridgehead atoms. The lowest BCUT2D eigenvalue weighted by atomic mass is 9.82. The quantitative estimate of drug-likeness (QED) is 0.701. The second kappa shape index (κ2) is 4.87. The third kappa shape index (κ3) is 1.85. The largest absolute Gasteiger partial charge is 0.347 e. The molecule has 3 aromatic rings. The first-order chi connectivity index (χ1) is 10.7. The fraction of sp³-hybridized carbons (Fsp3) is 0.316. The minimum Gasteiger partial charge on any atom is -0.347 e. The Hall–Kier alpha value is -2.29. The summed E-state index contributed by atoms with van der Waals surface area (Å²) in [5.74, 6) is 1.57. The number of aryl methyl sites for hydroxylation is 2. The van der Waals surface area contributed by atoms with E-state index in [1.54, 1.807) is 0 Å². The molecule has 1 aromatic carbocycles. The molecule has 1 atom stereocenters. The predicted octanol–water partition coefficient (Wildman–Crippen LogP) is 3.96. The second-order valence-corrected chi connectivity index (χ2v) is 6.29. The minimum atomic E-state index is 0.492. The number of aromatic nitrogens is 3. The Labute approximate surface area is 130 Å². The molecule has 1 unspecified atom stereocenters. The number of hydrogen-bond donors (Lipinski definition) is 0. The Morgan fingerprint density at radius 3 is 2.91 bits per heavy atom. The average molecular weight is 291 g/mol. The molecule has 0 saturated carbocycles. The standard InChI is InChI=1S/C19H21N3/c1-13-15(12-22-11-10-20-14(22)2)8-9-18-19(13)16-6-4-5-7-17(16)21(18)3/h4-7,10-11,15H,1,8-9,12H2,2-3H3. The normalized spacial score (nSPS) is 17.9. The summed E-state index contributed by atoms with van der Waals surface area (Å²) in [6.45, 7) is 7.51. The zero-order valence-electron chi connectivity index (χ0n) is 13.2. The number of allylic oxidation sites excluding steroid dienone is 1. The summed E-state index contributed by atoms with van der Waals surface area (Å²) in [6.07, 6.45) is 6.23. The number of rotatable bonds is 2. The van der Waals surface area contributed by atoms with Crippen LogP contribution in [0.4, 0.5) is 0 Å². The third-order valence-corrected chi connectivity index (χ3v) is 5.11. The highest BCUT2D eigenvalue weighted by Crippen LogP contribution is 2.40. The van der Waals surface area contributed by atoms with Crippen molar-refractivity contribution < 1.29 is 0 Å². The van der Waals surface area contributed by atoms with E-state index in [1.165, 1.54) is 27.7 Å². The molecule has 0 radical (unpaired) electrons. The molecule has 22 heavy (non-hydrogen) atoms. The maximum absolute atomic E-state index is 4.46. The van der Waals surface area contributed by atoms with E-state index in [0.29, 0.717) is 5.92 Å². The summed E-state index contributed by atoms with van der Waals surface area (Å²) in [5, 5.41) is 1.34. The zero-order valence-corrected chi connectivity index (χ0v) is 13.2. The first-order valence-electron chi connectivity index (χ1n) is 7.90. The Morgan fingerprint density at radius 2 is 2.14 bits per heavy atom. The topological polar surface area (TPSA) is 22.8 Å². The van der Waals surface area contributed by atoms with E-state index >= 15 is 0 Å². The third-order valence-electron chi connectivity index (χ3n) is 5.11. The SMILES string of the molecule is C=C1c2c(n(C)c3ccccc23)CCC1Cn1ccnc1C. The number of hydrogen-bond acceptors (Lipinski definition) is 1. The summed E-state index contributed by atoms with van der Waals surface area (Å²) in [4.78, 5) is 4.33. The number of benzene rings is 1. The molecule has 0 fully saturated rings. The van der Waals surface area contributed by atoms with E-state index in [4.69, 9.17) is 0 Å². The summed E-state index contributed by atoms with van der Waals surface area (Å²) in [6, 6.07) is 8.67. The lowest BCUT2D eigenvalue weighted by Gasteiger charge is -2.26. The molecule has 1 aliphatic carbocycles. The van der Waals surface area contributed by atoms with Gasteiger partial charge in [0.2, 0.25) is 0 Å². The van der Waals surface area contributed by atoms with Crippen LogP contribution in [0.5, 0.6) is 0 Å². The molecule has 1 aliphatic rings. The summed E-state index contributed by atoms with van der Waals surface area (Å²) >= 11 is 0. The van der Waals surface area contributed by atoms with Crippen LogP contribution < -0.4 is 0 Å². The van der Waals surface area contributed by atoms with Gasteiger partial charge in [0.15, 0.2) is 0 Å². The van der Waals surface area contributed by atoms with Crippen molar-refractivity contribution >= 4 is 16.5 Å². The Kier molecular flexibility index (Phi) is 2.96. The summed E-state index contributed by atoms with van der Waals surface area (Å²) < 4.78 is 4.58. The van der Waals surface area contributed by atoms with Crippen molar-refractivity contribution in [1.82, 2.24) is 14.1 Å². The molecular formula is C19H21N3. The van der Waals surface area contributed by atoms with Gasteiger partial charge in [-0.3, -0.25) is 0 Å². The highest BCUT2D eigenvalue weighted by molar-refractivity contribution is 5.95. The first kappa shape index (κ1) is 13.4. The molecule has 3 heteroatoms. The molecule has 0 saturated heterocycles. The van der Waals surface area contributed by atoms with Gasteiger partial charge in [0.25, 0.3) is 0 Å². The van der Waals surface area contributed by atoms with E-state index in [1.807, 2.05) is 6.20 Å². The van der Waals surface area contributed by atoms with Crippen LogP contribution in [0.25, 0.3) is 16.5 Å². The van der Waals surface area contributed by atoms with Crippen LogP contribution in [0.3, 0.4) is 0 Å². The maximum atomic E-state index is 4.46. The number of para-hydroxylation sites is 1. The van der Waals surface area contributed by atoms with E-state index < -0.39 is 0 Å². The first-order valence-corrected chi connectivity index (χ1v) is 7.90. The van der Waals surface area contributed by atoms with Crippen molar-refractivity contribution in [1.29, 1.82) is 0 Å². The van der Waals surface area contributed by atoms with Crippen molar-refractivity contribution in [3.8, 4) is 0 Å². The summed E-state index contributed by atoms with van der Waals surface area (Å²) in [5.41, 5.74) is 5.41. The maximum Gasteiger partial charge on any atom is 0.105 e.